The number of hydrogen-bond acceptors (Lipinski definition) is 6. The summed E-state index contributed by atoms with van der Waals surface area (Å²) in [6.45, 7) is 8.84. The summed E-state index contributed by atoms with van der Waals surface area (Å²) in [6.07, 6.45) is 49.2. The van der Waals surface area contributed by atoms with Gasteiger partial charge in [-0.1, -0.05) is 180 Å². The van der Waals surface area contributed by atoms with E-state index in [9.17, 15) is 14.4 Å². The molecule has 60 heavy (non-hydrogen) atoms. The summed E-state index contributed by atoms with van der Waals surface area (Å²) in [5.41, 5.74) is 0. The number of rotatable bonds is 46. The number of carbonyl (C=O) groups excluding carboxylic acids is 3. The van der Waals surface area contributed by atoms with Gasteiger partial charge in [-0.05, 0) is 84.7 Å². The predicted molar refractivity (Wildman–Crippen MR) is 257 cm³/mol. The third-order valence-electron chi connectivity index (χ3n) is 11.6. The van der Waals surface area contributed by atoms with E-state index in [0.717, 1.165) is 70.8 Å². The Balaban J connectivity index is 4.74. The van der Waals surface area contributed by atoms with Gasteiger partial charge < -0.3 is 19.3 Å². The molecule has 0 fully saturated rings. The first-order valence-corrected chi connectivity index (χ1v) is 25.9. The fourth-order valence-corrected chi connectivity index (χ4v) is 7.56. The zero-order chi connectivity index (χ0) is 44.0. The van der Waals surface area contributed by atoms with Gasteiger partial charge in [-0.3, -0.25) is 14.4 Å². The molecule has 7 heteroatoms. The Bertz CT molecular complexity index is 955. The maximum absolute atomic E-state index is 13.5. The van der Waals surface area contributed by atoms with Gasteiger partial charge in [0, 0.05) is 44.8 Å². The molecule has 0 aromatic rings. The zero-order valence-corrected chi connectivity index (χ0v) is 40.6. The zero-order valence-electron chi connectivity index (χ0n) is 40.6. The Labute approximate surface area is 373 Å². The largest absolute Gasteiger partial charge is 0.465 e. The van der Waals surface area contributed by atoms with Crippen molar-refractivity contribution in [1.29, 1.82) is 0 Å². The second-order valence-corrected chi connectivity index (χ2v) is 18.1. The van der Waals surface area contributed by atoms with Crippen LogP contribution in [-0.2, 0) is 23.9 Å². The van der Waals surface area contributed by atoms with E-state index in [4.69, 9.17) is 9.47 Å². The molecule has 1 amide bonds. The molecule has 0 aliphatic heterocycles. The Morgan fingerprint density at radius 3 is 1.08 bits per heavy atom. The lowest BCUT2D eigenvalue weighted by molar-refractivity contribution is -0.150. The van der Waals surface area contributed by atoms with E-state index in [1.54, 1.807) is 0 Å². The molecular weight excluding hydrogens is 745 g/mol. The minimum Gasteiger partial charge on any atom is -0.465 e. The molecule has 0 N–H and O–H groups in total. The Kier molecular flexibility index (Phi) is 44.7. The van der Waals surface area contributed by atoms with Gasteiger partial charge in [0.1, 0.15) is 0 Å². The van der Waals surface area contributed by atoms with E-state index in [1.807, 2.05) is 19.0 Å². The van der Waals surface area contributed by atoms with Crippen molar-refractivity contribution in [2.24, 2.45) is 5.92 Å². The monoisotopic (exact) mass is 845 g/mol. The van der Waals surface area contributed by atoms with Gasteiger partial charge in [-0.2, -0.15) is 0 Å². The Hall–Kier alpha value is -2.15. The number of unbranched alkanes of at least 4 members (excludes halogenated alkanes) is 27. The highest BCUT2D eigenvalue weighted by Crippen LogP contribution is 2.15. The van der Waals surface area contributed by atoms with Crippen molar-refractivity contribution in [1.82, 2.24) is 9.80 Å². The van der Waals surface area contributed by atoms with Crippen molar-refractivity contribution in [2.45, 2.75) is 245 Å². The molecule has 0 aromatic carbocycles. The van der Waals surface area contributed by atoms with E-state index in [0.29, 0.717) is 32.4 Å². The lowest BCUT2D eigenvalue weighted by Crippen LogP contribution is -2.42. The average molecular weight is 845 g/mol. The maximum atomic E-state index is 13.5. The molecule has 0 radical (unpaired) electrons. The number of allylic oxidation sites excluding steroid dienone is 4. The number of nitrogens with zero attached hydrogens (tertiary/aromatic N) is 2. The minimum absolute atomic E-state index is 0.136. The number of esters is 2. The van der Waals surface area contributed by atoms with Gasteiger partial charge in [0.15, 0.2) is 0 Å². The van der Waals surface area contributed by atoms with Crippen LogP contribution in [0.4, 0.5) is 0 Å². The first-order valence-electron chi connectivity index (χ1n) is 25.9. The Morgan fingerprint density at radius 2 is 0.733 bits per heavy atom. The fraction of sp³-hybridized carbons (Fsp3) is 0.868. The van der Waals surface area contributed by atoms with Gasteiger partial charge in [0.05, 0.1) is 13.2 Å². The molecule has 0 saturated heterocycles. The maximum Gasteiger partial charge on any atom is 0.305 e. The van der Waals surface area contributed by atoms with E-state index in [-0.39, 0.29) is 37.0 Å². The predicted octanol–water partition coefficient (Wildman–Crippen LogP) is 14.9. The third-order valence-corrected chi connectivity index (χ3v) is 11.6. The van der Waals surface area contributed by atoms with Crippen LogP contribution < -0.4 is 0 Å². The molecule has 0 bridgehead atoms. The van der Waals surface area contributed by atoms with Gasteiger partial charge >= 0.3 is 11.9 Å². The van der Waals surface area contributed by atoms with Crippen LogP contribution in [0.25, 0.3) is 0 Å². The van der Waals surface area contributed by atoms with Crippen LogP contribution in [0.3, 0.4) is 0 Å². The van der Waals surface area contributed by atoms with Gasteiger partial charge in [-0.15, -0.1) is 0 Å². The topological polar surface area (TPSA) is 76.2 Å². The molecule has 0 atom stereocenters. The SMILES string of the molecule is CCCCCCCC/C=C\CCCCCCCC(=O)OCC(COC(=O)CCCCCCC/C=C\CCCCCCCC)CN(CCN(C)C)C(=O)CCCCCCCC. The molecule has 0 aromatic heterocycles. The van der Waals surface area contributed by atoms with Gasteiger partial charge in [-0.25, -0.2) is 0 Å². The van der Waals surface area contributed by atoms with E-state index >= 15 is 0 Å². The third kappa shape index (κ3) is 42.5. The van der Waals surface area contributed by atoms with E-state index in [1.165, 1.54) is 141 Å². The normalized spacial score (nSPS) is 11.8. The lowest BCUT2D eigenvalue weighted by Gasteiger charge is -2.29. The molecule has 0 rings (SSSR count). The molecule has 0 saturated carbocycles. The van der Waals surface area contributed by atoms with Crippen LogP contribution in [-0.4, -0.2) is 74.6 Å². The van der Waals surface area contributed by atoms with Crippen LogP contribution in [0.15, 0.2) is 24.3 Å². The molecule has 0 aliphatic carbocycles. The summed E-state index contributed by atoms with van der Waals surface area (Å²) in [4.78, 5) is 43.2. The van der Waals surface area contributed by atoms with Crippen molar-refractivity contribution in [3.05, 3.63) is 24.3 Å². The summed E-state index contributed by atoms with van der Waals surface area (Å²) in [6, 6.07) is 0. The highest BCUT2D eigenvalue weighted by atomic mass is 16.5. The summed E-state index contributed by atoms with van der Waals surface area (Å²) < 4.78 is 11.6. The first kappa shape index (κ1) is 57.9. The number of likely N-dealkylation sites (N-methyl/N-ethyl adjacent to an activating group) is 1. The van der Waals surface area contributed by atoms with Crippen molar-refractivity contribution in [3.8, 4) is 0 Å². The summed E-state index contributed by atoms with van der Waals surface area (Å²) >= 11 is 0. The van der Waals surface area contributed by atoms with Crippen LogP contribution in [0.2, 0.25) is 0 Å². The first-order chi connectivity index (χ1) is 29.3. The molecule has 352 valence electrons. The lowest BCUT2D eigenvalue weighted by atomic mass is 10.1. The molecule has 0 aliphatic rings. The molecule has 0 unspecified atom stereocenters. The highest BCUT2D eigenvalue weighted by molar-refractivity contribution is 5.76. The number of carbonyl (C=O) groups is 3. The van der Waals surface area contributed by atoms with Crippen LogP contribution >= 0.6 is 0 Å². The second kappa shape index (κ2) is 46.4. The highest BCUT2D eigenvalue weighted by Gasteiger charge is 2.22. The number of ether oxygens (including phenoxy) is 2. The van der Waals surface area contributed by atoms with E-state index < -0.39 is 0 Å². The Morgan fingerprint density at radius 1 is 0.417 bits per heavy atom. The number of hydrogen-bond donors (Lipinski definition) is 0. The molecule has 7 nitrogen and oxygen atoms in total. The molecule has 0 spiro atoms. The standard InChI is InChI=1S/C53H100N2O5/c1-6-9-12-15-18-20-22-24-26-28-30-32-34-37-40-43-52(57)59-48-50(47-55(46-45-54(4)5)51(56)42-39-36-17-14-11-8-3)49-60-53(58)44-41-38-35-33-31-29-27-25-23-21-19-16-13-10-7-2/h24-27,50H,6-23,28-49H2,1-5H3/b26-24-,27-25-. The smallest absolute Gasteiger partial charge is 0.305 e. The minimum atomic E-state index is -0.253. The van der Waals surface area contributed by atoms with Crippen LogP contribution in [0.5, 0.6) is 0 Å². The van der Waals surface area contributed by atoms with Gasteiger partial charge in [0.2, 0.25) is 5.91 Å². The quantitative estimate of drug-likeness (QED) is 0.0345. The summed E-state index contributed by atoms with van der Waals surface area (Å²) in [7, 11) is 4.03. The van der Waals surface area contributed by atoms with Crippen molar-refractivity contribution in [2.75, 3.05) is 46.9 Å². The molecule has 0 heterocycles. The van der Waals surface area contributed by atoms with Crippen LogP contribution in [0.1, 0.15) is 245 Å². The fourth-order valence-electron chi connectivity index (χ4n) is 7.56. The van der Waals surface area contributed by atoms with Gasteiger partial charge in [0.25, 0.3) is 0 Å². The summed E-state index contributed by atoms with van der Waals surface area (Å²) in [5, 5.41) is 0. The van der Waals surface area contributed by atoms with Crippen molar-refractivity contribution < 1.29 is 23.9 Å². The van der Waals surface area contributed by atoms with E-state index in [2.05, 4.69) is 50.0 Å². The summed E-state index contributed by atoms with van der Waals surface area (Å²) in [5.74, 6) is -0.514. The second-order valence-electron chi connectivity index (χ2n) is 18.1. The van der Waals surface area contributed by atoms with Crippen molar-refractivity contribution in [3.63, 3.8) is 0 Å². The van der Waals surface area contributed by atoms with Crippen molar-refractivity contribution >= 4 is 17.8 Å². The average Bonchev–Trinajstić information content (AvgIpc) is 3.24. The van der Waals surface area contributed by atoms with Crippen LogP contribution in [0, 0.1) is 5.92 Å². The molecular formula is C53H100N2O5. The number of amides is 1.